The van der Waals surface area contributed by atoms with Gasteiger partial charge in [-0.05, 0) is 20.0 Å². The predicted octanol–water partition coefficient (Wildman–Crippen LogP) is 1.81. The summed E-state index contributed by atoms with van der Waals surface area (Å²) in [6, 6.07) is 1.83. The SMILES string of the molecule is CNCc1cnc(C)cc1N(C)CC(F)F. The summed E-state index contributed by atoms with van der Waals surface area (Å²) >= 11 is 0. The van der Waals surface area contributed by atoms with E-state index in [-0.39, 0.29) is 6.54 Å². The molecule has 0 aromatic carbocycles. The molecule has 5 heteroatoms. The number of nitrogens with zero attached hydrogens (tertiary/aromatic N) is 2. The Morgan fingerprint density at radius 1 is 1.50 bits per heavy atom. The molecule has 1 heterocycles. The van der Waals surface area contributed by atoms with Crippen molar-refractivity contribution < 1.29 is 8.78 Å². The normalized spacial score (nSPS) is 10.9. The molecule has 0 bridgehead atoms. The zero-order valence-corrected chi connectivity index (χ0v) is 9.80. The fraction of sp³-hybridized carbons (Fsp3) is 0.545. The molecule has 1 aromatic rings. The third-order valence-electron chi connectivity index (χ3n) is 2.29. The molecular weight excluding hydrogens is 212 g/mol. The van der Waals surface area contributed by atoms with E-state index >= 15 is 0 Å². The first kappa shape index (κ1) is 12.8. The first-order valence-electron chi connectivity index (χ1n) is 5.14. The summed E-state index contributed by atoms with van der Waals surface area (Å²) in [4.78, 5) is 5.73. The number of alkyl halides is 2. The molecular formula is C11H17F2N3. The van der Waals surface area contributed by atoms with E-state index in [0.29, 0.717) is 6.54 Å². The second-order valence-corrected chi connectivity index (χ2v) is 3.76. The van der Waals surface area contributed by atoms with Crippen LogP contribution < -0.4 is 10.2 Å². The minimum absolute atomic E-state index is 0.264. The van der Waals surface area contributed by atoms with E-state index in [4.69, 9.17) is 0 Å². The summed E-state index contributed by atoms with van der Waals surface area (Å²) in [5.74, 6) is 0. The van der Waals surface area contributed by atoms with Gasteiger partial charge in [-0.2, -0.15) is 0 Å². The number of pyridine rings is 1. The minimum Gasteiger partial charge on any atom is -0.369 e. The van der Waals surface area contributed by atoms with Crippen LogP contribution in [0.5, 0.6) is 0 Å². The summed E-state index contributed by atoms with van der Waals surface area (Å²) in [6.45, 7) is 2.21. The Labute approximate surface area is 94.5 Å². The van der Waals surface area contributed by atoms with Crippen molar-refractivity contribution in [3.63, 3.8) is 0 Å². The molecule has 0 saturated carbocycles. The quantitative estimate of drug-likeness (QED) is 0.834. The standard InChI is InChI=1S/C11H17F2N3/c1-8-4-10(16(3)7-11(12)13)9(5-14-2)6-15-8/h4,6,11,14H,5,7H2,1-3H3. The van der Waals surface area contributed by atoms with E-state index in [1.807, 2.05) is 20.0 Å². The number of aromatic nitrogens is 1. The summed E-state index contributed by atoms with van der Waals surface area (Å²) in [7, 11) is 3.48. The highest BCUT2D eigenvalue weighted by Gasteiger charge is 2.12. The van der Waals surface area contributed by atoms with Crippen LogP contribution in [0.25, 0.3) is 0 Å². The molecule has 0 fully saturated rings. The number of hydrogen-bond donors (Lipinski definition) is 1. The van der Waals surface area contributed by atoms with Gasteiger partial charge >= 0.3 is 0 Å². The van der Waals surface area contributed by atoms with Gasteiger partial charge in [-0.1, -0.05) is 0 Å². The van der Waals surface area contributed by atoms with Crippen molar-refractivity contribution >= 4 is 5.69 Å². The predicted molar refractivity (Wildman–Crippen MR) is 61.0 cm³/mol. The average molecular weight is 229 g/mol. The number of hydrogen-bond acceptors (Lipinski definition) is 3. The molecule has 3 nitrogen and oxygen atoms in total. The van der Waals surface area contributed by atoms with Crippen LogP contribution >= 0.6 is 0 Å². The fourth-order valence-electron chi connectivity index (χ4n) is 1.56. The zero-order valence-electron chi connectivity index (χ0n) is 9.80. The smallest absolute Gasteiger partial charge is 0.255 e. The summed E-state index contributed by atoms with van der Waals surface area (Å²) < 4.78 is 24.6. The molecule has 0 radical (unpaired) electrons. The largest absolute Gasteiger partial charge is 0.369 e. The number of halogens is 2. The number of rotatable bonds is 5. The molecule has 0 aliphatic heterocycles. The maximum absolute atomic E-state index is 12.3. The highest BCUT2D eigenvalue weighted by molar-refractivity contribution is 5.53. The van der Waals surface area contributed by atoms with Crippen LogP contribution in [0, 0.1) is 6.92 Å². The molecule has 1 N–H and O–H groups in total. The zero-order chi connectivity index (χ0) is 12.1. The van der Waals surface area contributed by atoms with Gasteiger partial charge in [-0.3, -0.25) is 4.98 Å². The van der Waals surface area contributed by atoms with Gasteiger partial charge in [0.05, 0.1) is 6.54 Å². The van der Waals surface area contributed by atoms with Crippen LogP contribution in [-0.4, -0.2) is 32.0 Å². The number of nitrogens with one attached hydrogen (secondary N) is 1. The molecule has 0 spiro atoms. The Bertz CT molecular complexity index is 342. The molecule has 0 saturated heterocycles. The molecule has 0 atom stereocenters. The van der Waals surface area contributed by atoms with Gasteiger partial charge in [0, 0.05) is 36.7 Å². The molecule has 1 rings (SSSR count). The second kappa shape index (κ2) is 5.75. The van der Waals surface area contributed by atoms with Crippen molar-refractivity contribution in [3.8, 4) is 0 Å². The van der Waals surface area contributed by atoms with Crippen LogP contribution in [0.2, 0.25) is 0 Å². The van der Waals surface area contributed by atoms with E-state index in [1.165, 1.54) is 0 Å². The van der Waals surface area contributed by atoms with Gasteiger partial charge in [0.2, 0.25) is 0 Å². The van der Waals surface area contributed by atoms with E-state index in [2.05, 4.69) is 10.3 Å². The lowest BCUT2D eigenvalue weighted by atomic mass is 10.2. The number of aryl methyl sites for hydroxylation is 1. The van der Waals surface area contributed by atoms with E-state index in [9.17, 15) is 8.78 Å². The Morgan fingerprint density at radius 2 is 2.19 bits per heavy atom. The van der Waals surface area contributed by atoms with E-state index in [0.717, 1.165) is 16.9 Å². The van der Waals surface area contributed by atoms with Gasteiger partial charge in [0.25, 0.3) is 6.43 Å². The van der Waals surface area contributed by atoms with Crippen LogP contribution in [0.1, 0.15) is 11.3 Å². The van der Waals surface area contributed by atoms with Gasteiger partial charge in [0.15, 0.2) is 0 Å². The lowest BCUT2D eigenvalue weighted by Gasteiger charge is -2.22. The highest BCUT2D eigenvalue weighted by atomic mass is 19.3. The third kappa shape index (κ3) is 3.41. The molecule has 90 valence electrons. The third-order valence-corrected chi connectivity index (χ3v) is 2.29. The van der Waals surface area contributed by atoms with Crippen LogP contribution in [0.3, 0.4) is 0 Å². The Hall–Kier alpha value is -1.23. The van der Waals surface area contributed by atoms with Crippen molar-refractivity contribution in [2.24, 2.45) is 0 Å². The maximum atomic E-state index is 12.3. The highest BCUT2D eigenvalue weighted by Crippen LogP contribution is 2.20. The number of anilines is 1. The van der Waals surface area contributed by atoms with E-state index in [1.54, 1.807) is 18.1 Å². The van der Waals surface area contributed by atoms with Crippen LogP contribution in [-0.2, 0) is 6.54 Å². The Balaban J connectivity index is 2.94. The minimum atomic E-state index is -2.33. The van der Waals surface area contributed by atoms with Crippen molar-refractivity contribution in [3.05, 3.63) is 23.5 Å². The first-order chi connectivity index (χ1) is 7.54. The molecule has 0 aliphatic rings. The van der Waals surface area contributed by atoms with Crippen molar-refractivity contribution in [1.82, 2.24) is 10.3 Å². The van der Waals surface area contributed by atoms with E-state index < -0.39 is 6.43 Å². The van der Waals surface area contributed by atoms with Crippen LogP contribution in [0.4, 0.5) is 14.5 Å². The van der Waals surface area contributed by atoms with Crippen molar-refractivity contribution in [1.29, 1.82) is 0 Å². The van der Waals surface area contributed by atoms with Crippen LogP contribution in [0.15, 0.2) is 12.3 Å². The first-order valence-corrected chi connectivity index (χ1v) is 5.14. The molecule has 0 aliphatic carbocycles. The van der Waals surface area contributed by atoms with Gasteiger partial charge < -0.3 is 10.2 Å². The Kier molecular flexibility index (Phi) is 4.61. The topological polar surface area (TPSA) is 28.2 Å². The Morgan fingerprint density at radius 3 is 2.75 bits per heavy atom. The average Bonchev–Trinajstić information content (AvgIpc) is 2.20. The van der Waals surface area contributed by atoms with Gasteiger partial charge in [0.1, 0.15) is 0 Å². The summed E-state index contributed by atoms with van der Waals surface area (Å²) in [6.07, 6.45) is -0.607. The van der Waals surface area contributed by atoms with Crippen molar-refractivity contribution in [2.75, 3.05) is 25.5 Å². The summed E-state index contributed by atoms with van der Waals surface area (Å²) in [5, 5.41) is 3.00. The lowest BCUT2D eigenvalue weighted by molar-refractivity contribution is 0.156. The molecule has 1 aromatic heterocycles. The van der Waals surface area contributed by atoms with Gasteiger partial charge in [-0.15, -0.1) is 0 Å². The second-order valence-electron chi connectivity index (χ2n) is 3.76. The monoisotopic (exact) mass is 229 g/mol. The molecule has 16 heavy (non-hydrogen) atoms. The lowest BCUT2D eigenvalue weighted by Crippen LogP contribution is -2.26. The molecule has 0 unspecified atom stereocenters. The van der Waals surface area contributed by atoms with Crippen molar-refractivity contribution in [2.45, 2.75) is 19.9 Å². The fourth-order valence-corrected chi connectivity index (χ4v) is 1.56. The van der Waals surface area contributed by atoms with Gasteiger partial charge in [-0.25, -0.2) is 8.78 Å². The maximum Gasteiger partial charge on any atom is 0.255 e. The molecule has 0 amide bonds. The summed E-state index contributed by atoms with van der Waals surface area (Å²) in [5.41, 5.74) is 2.56.